The van der Waals surface area contributed by atoms with E-state index >= 15 is 0 Å². The minimum Gasteiger partial charge on any atom is -0.624 e. The third-order valence-electron chi connectivity index (χ3n) is 3.83. The van der Waals surface area contributed by atoms with Gasteiger partial charge in [-0.05, 0) is 49.4 Å². The number of nitrogens with zero attached hydrogens (tertiary/aromatic N) is 4. The third kappa shape index (κ3) is 4.68. The second-order valence-electron chi connectivity index (χ2n) is 5.77. The molecule has 3 aromatic rings. The summed E-state index contributed by atoms with van der Waals surface area (Å²) in [7, 11) is 0. The number of Topliss-reactive ketones (excluding diaryl/α,β-unsaturated/α-hetero) is 1. The van der Waals surface area contributed by atoms with Gasteiger partial charge in [0, 0.05) is 16.1 Å². The van der Waals surface area contributed by atoms with Crippen LogP contribution in [0.15, 0.2) is 55.1 Å². The van der Waals surface area contributed by atoms with Gasteiger partial charge in [-0.15, -0.1) is 0 Å². The van der Waals surface area contributed by atoms with Crippen molar-refractivity contribution in [3.8, 4) is 5.75 Å². The van der Waals surface area contributed by atoms with Crippen molar-refractivity contribution in [3.05, 3.63) is 81.5 Å². The summed E-state index contributed by atoms with van der Waals surface area (Å²) in [4.78, 5) is 16.9. The highest BCUT2D eigenvalue weighted by Crippen LogP contribution is 2.26. The van der Waals surface area contributed by atoms with E-state index in [9.17, 15) is 10.0 Å². The number of rotatable bonds is 7. The Labute approximate surface area is 171 Å². The average Bonchev–Trinajstić information content (AvgIpc) is 3.21. The summed E-state index contributed by atoms with van der Waals surface area (Å²) in [5, 5.41) is 16.1. The van der Waals surface area contributed by atoms with Crippen molar-refractivity contribution < 1.29 is 14.3 Å². The first kappa shape index (κ1) is 19.9. The number of halogens is 2. The van der Waals surface area contributed by atoms with E-state index in [-0.39, 0.29) is 10.6 Å². The Morgan fingerprint density at radius 1 is 1.29 bits per heavy atom. The van der Waals surface area contributed by atoms with Gasteiger partial charge in [-0.1, -0.05) is 23.2 Å². The first-order valence-corrected chi connectivity index (χ1v) is 9.12. The SMILES string of the molecule is CC/[N+]([O-])=C/c1ccc(OC(C(=O)c2ccc(Cl)cc2Cl)n2cncn2)cc1. The van der Waals surface area contributed by atoms with Crippen LogP contribution in [0.5, 0.6) is 5.75 Å². The van der Waals surface area contributed by atoms with Crippen molar-refractivity contribution >= 4 is 35.2 Å². The summed E-state index contributed by atoms with van der Waals surface area (Å²) < 4.78 is 7.98. The van der Waals surface area contributed by atoms with Crippen molar-refractivity contribution in [2.24, 2.45) is 0 Å². The molecule has 1 aromatic heterocycles. The van der Waals surface area contributed by atoms with Crippen molar-refractivity contribution in [1.29, 1.82) is 0 Å². The predicted molar refractivity (Wildman–Crippen MR) is 106 cm³/mol. The van der Waals surface area contributed by atoms with Crippen LogP contribution in [0.4, 0.5) is 0 Å². The lowest BCUT2D eigenvalue weighted by molar-refractivity contribution is -0.447. The molecule has 7 nitrogen and oxygen atoms in total. The van der Waals surface area contributed by atoms with E-state index in [2.05, 4.69) is 10.1 Å². The molecular formula is C19H16Cl2N4O3. The van der Waals surface area contributed by atoms with Crippen LogP contribution in [0.3, 0.4) is 0 Å². The topological polar surface area (TPSA) is 83.1 Å². The van der Waals surface area contributed by atoms with Gasteiger partial charge in [0.15, 0.2) is 12.8 Å². The van der Waals surface area contributed by atoms with Gasteiger partial charge >= 0.3 is 0 Å². The number of hydroxylamine groups is 1. The van der Waals surface area contributed by atoms with Crippen LogP contribution in [-0.2, 0) is 0 Å². The quantitative estimate of drug-likeness (QED) is 0.190. The second kappa shape index (κ2) is 8.86. The maximum atomic E-state index is 13.0. The molecule has 0 aliphatic rings. The summed E-state index contributed by atoms with van der Waals surface area (Å²) in [5.74, 6) is 0.0181. The van der Waals surface area contributed by atoms with Gasteiger partial charge in [0.2, 0.25) is 5.78 Å². The fourth-order valence-corrected chi connectivity index (χ4v) is 2.91. The van der Waals surface area contributed by atoms with E-state index in [0.717, 1.165) is 4.74 Å². The summed E-state index contributed by atoms with van der Waals surface area (Å²) in [6, 6.07) is 11.4. The molecule has 2 aromatic carbocycles. The molecule has 1 heterocycles. The summed E-state index contributed by atoms with van der Waals surface area (Å²) in [6.45, 7) is 2.11. The Kier molecular flexibility index (Phi) is 6.28. The predicted octanol–water partition coefficient (Wildman–Crippen LogP) is 3.99. The van der Waals surface area contributed by atoms with E-state index in [1.165, 1.54) is 35.7 Å². The number of carbonyl (C=O) groups excluding carboxylic acids is 1. The molecule has 0 N–H and O–H groups in total. The molecule has 9 heteroatoms. The van der Waals surface area contributed by atoms with Crippen LogP contribution in [0, 0.1) is 5.21 Å². The molecule has 0 spiro atoms. The Morgan fingerprint density at radius 3 is 2.64 bits per heavy atom. The molecule has 1 atom stereocenters. The van der Waals surface area contributed by atoms with Gasteiger partial charge in [0.05, 0.1) is 5.02 Å². The van der Waals surface area contributed by atoms with Crippen LogP contribution in [0.1, 0.15) is 29.1 Å². The number of ether oxygens (including phenoxy) is 1. The first-order chi connectivity index (χ1) is 13.5. The molecule has 0 bridgehead atoms. The number of aromatic nitrogens is 3. The van der Waals surface area contributed by atoms with Crippen molar-refractivity contribution in [2.75, 3.05) is 6.54 Å². The number of ketones is 1. The zero-order valence-corrected chi connectivity index (χ0v) is 16.3. The van der Waals surface area contributed by atoms with Crippen LogP contribution in [0.2, 0.25) is 10.0 Å². The Balaban J connectivity index is 1.88. The molecule has 0 amide bonds. The molecule has 0 aliphatic heterocycles. The normalized spacial score (nSPS) is 12.6. The lowest BCUT2D eigenvalue weighted by atomic mass is 10.1. The first-order valence-electron chi connectivity index (χ1n) is 8.36. The molecule has 0 radical (unpaired) electrons. The van der Waals surface area contributed by atoms with Crippen molar-refractivity contribution in [1.82, 2.24) is 14.8 Å². The summed E-state index contributed by atoms with van der Waals surface area (Å²) >= 11 is 12.1. The Bertz CT molecular complexity index is 989. The average molecular weight is 419 g/mol. The molecule has 28 heavy (non-hydrogen) atoms. The van der Waals surface area contributed by atoms with Crippen molar-refractivity contribution in [2.45, 2.75) is 13.2 Å². The molecule has 0 aliphatic carbocycles. The zero-order valence-electron chi connectivity index (χ0n) is 14.8. The van der Waals surface area contributed by atoms with Gasteiger partial charge in [-0.3, -0.25) is 4.79 Å². The smallest absolute Gasteiger partial charge is 0.256 e. The Hall–Kier alpha value is -2.90. The number of hydrogen-bond donors (Lipinski definition) is 0. The van der Waals surface area contributed by atoms with Gasteiger partial charge < -0.3 is 9.94 Å². The fraction of sp³-hybridized carbons (Fsp3) is 0.158. The summed E-state index contributed by atoms with van der Waals surface area (Å²) in [5.41, 5.74) is 0.968. The Morgan fingerprint density at radius 2 is 2.04 bits per heavy atom. The third-order valence-corrected chi connectivity index (χ3v) is 4.38. The maximum Gasteiger partial charge on any atom is 0.256 e. The van der Waals surface area contributed by atoms with Gasteiger partial charge in [-0.25, -0.2) is 14.4 Å². The van der Waals surface area contributed by atoms with Crippen molar-refractivity contribution in [3.63, 3.8) is 0 Å². The van der Waals surface area contributed by atoms with E-state index < -0.39 is 12.0 Å². The monoisotopic (exact) mass is 418 g/mol. The van der Waals surface area contributed by atoms with Gasteiger partial charge in [0.25, 0.3) is 6.23 Å². The lowest BCUT2D eigenvalue weighted by Gasteiger charge is -2.18. The lowest BCUT2D eigenvalue weighted by Crippen LogP contribution is -2.26. The van der Waals surface area contributed by atoms with Crippen LogP contribution < -0.4 is 4.74 Å². The standard InChI is InChI=1S/C19H16Cl2N4O3/c1-2-24(27)10-13-3-6-15(7-4-13)28-19(25-12-22-11-23-25)18(26)16-8-5-14(20)9-17(16)21/h3-12,19H,2H2,1H3/b24-10-. The number of hydrogen-bond acceptors (Lipinski definition) is 5. The van der Waals surface area contributed by atoms with Crippen LogP contribution >= 0.6 is 23.2 Å². The highest BCUT2D eigenvalue weighted by Gasteiger charge is 2.26. The highest BCUT2D eigenvalue weighted by molar-refractivity contribution is 6.36. The largest absolute Gasteiger partial charge is 0.624 e. The van der Waals surface area contributed by atoms with E-state index in [1.54, 1.807) is 37.3 Å². The van der Waals surface area contributed by atoms with Crippen LogP contribution in [-0.4, -0.2) is 38.0 Å². The molecule has 0 saturated heterocycles. The minimum absolute atomic E-state index is 0.214. The van der Waals surface area contributed by atoms with E-state index in [0.29, 0.717) is 22.9 Å². The molecule has 1 unspecified atom stereocenters. The molecule has 0 fully saturated rings. The molecule has 3 rings (SSSR count). The second-order valence-corrected chi connectivity index (χ2v) is 6.61. The van der Waals surface area contributed by atoms with E-state index in [1.807, 2.05) is 0 Å². The number of carbonyl (C=O) groups is 1. The molecule has 0 saturated carbocycles. The fourth-order valence-electron chi connectivity index (χ4n) is 2.41. The van der Waals surface area contributed by atoms with Gasteiger partial charge in [-0.2, -0.15) is 5.10 Å². The highest BCUT2D eigenvalue weighted by atomic mass is 35.5. The molecule has 144 valence electrons. The van der Waals surface area contributed by atoms with Crippen LogP contribution in [0.25, 0.3) is 0 Å². The maximum absolute atomic E-state index is 13.0. The number of benzene rings is 2. The zero-order chi connectivity index (χ0) is 20.1. The van der Waals surface area contributed by atoms with E-state index in [4.69, 9.17) is 27.9 Å². The van der Waals surface area contributed by atoms with Gasteiger partial charge in [0.1, 0.15) is 18.4 Å². The molecular weight excluding hydrogens is 403 g/mol. The summed E-state index contributed by atoms with van der Waals surface area (Å²) in [6.07, 6.45) is 3.05. The minimum atomic E-state index is -1.11.